The Kier molecular flexibility index (Phi) is 5.12. The van der Waals surface area contributed by atoms with Crippen molar-refractivity contribution in [2.75, 3.05) is 0 Å². The van der Waals surface area contributed by atoms with Crippen LogP contribution in [-0.4, -0.2) is 22.4 Å². The lowest BCUT2D eigenvalue weighted by molar-refractivity contribution is -0.131. The number of benzene rings is 2. The number of carbonyl (C=O) groups is 2. The summed E-state index contributed by atoms with van der Waals surface area (Å²) < 4.78 is 0. The van der Waals surface area contributed by atoms with Crippen molar-refractivity contribution in [3.8, 4) is 11.1 Å². The first-order chi connectivity index (χ1) is 12.4. The van der Waals surface area contributed by atoms with Gasteiger partial charge in [0.15, 0.2) is 0 Å². The van der Waals surface area contributed by atoms with Crippen LogP contribution < -0.4 is 5.32 Å². The van der Waals surface area contributed by atoms with Gasteiger partial charge in [0.2, 0.25) is 0 Å². The van der Waals surface area contributed by atoms with Crippen LogP contribution in [0, 0.1) is 5.92 Å². The molecular weight excluding hydrogens is 324 g/mol. The Morgan fingerprint density at radius 1 is 0.962 bits per heavy atom. The van der Waals surface area contributed by atoms with E-state index in [1.807, 2.05) is 49.4 Å². The fourth-order valence-corrected chi connectivity index (χ4v) is 3.25. The van der Waals surface area contributed by atoms with Gasteiger partial charge in [-0.2, -0.15) is 0 Å². The number of hydrogen-bond acceptors (Lipinski definition) is 2. The molecule has 0 bridgehead atoms. The van der Waals surface area contributed by atoms with Gasteiger partial charge in [-0.1, -0.05) is 68.4 Å². The molecular formula is C22H26N2O2. The summed E-state index contributed by atoms with van der Waals surface area (Å²) in [6, 6.07) is 17.9. The highest BCUT2D eigenvalue weighted by molar-refractivity contribution is 6.06. The van der Waals surface area contributed by atoms with Crippen LogP contribution in [0.1, 0.15) is 39.2 Å². The molecule has 0 spiro atoms. The number of nitrogens with zero attached hydrogens (tertiary/aromatic N) is 1. The molecule has 0 saturated carbocycles. The predicted octanol–water partition coefficient (Wildman–Crippen LogP) is 4.60. The maximum absolute atomic E-state index is 12.8. The Morgan fingerprint density at radius 3 is 2.19 bits per heavy atom. The van der Waals surface area contributed by atoms with E-state index in [0.29, 0.717) is 18.9 Å². The van der Waals surface area contributed by atoms with Crippen molar-refractivity contribution in [2.45, 2.75) is 45.7 Å². The summed E-state index contributed by atoms with van der Waals surface area (Å²) in [5, 5.41) is 2.88. The summed E-state index contributed by atoms with van der Waals surface area (Å²) in [7, 11) is 0. The molecule has 1 fully saturated rings. The van der Waals surface area contributed by atoms with Crippen LogP contribution in [0.25, 0.3) is 11.1 Å². The predicted molar refractivity (Wildman–Crippen MR) is 103 cm³/mol. The molecule has 1 aliphatic heterocycles. The molecule has 1 N–H and O–H groups in total. The summed E-state index contributed by atoms with van der Waals surface area (Å²) in [6.45, 7) is 6.37. The molecule has 3 rings (SSSR count). The van der Waals surface area contributed by atoms with E-state index in [4.69, 9.17) is 0 Å². The SMILES string of the molecule is CC(C)CC[C@]1(C)NC(=O)N(Cc2ccc(-c3ccccc3)cc2)C1=O. The lowest BCUT2D eigenvalue weighted by Crippen LogP contribution is -2.44. The summed E-state index contributed by atoms with van der Waals surface area (Å²) in [5.74, 6) is 0.367. The number of hydrogen-bond donors (Lipinski definition) is 1. The van der Waals surface area contributed by atoms with Crippen molar-refractivity contribution in [3.63, 3.8) is 0 Å². The third-order valence-electron chi connectivity index (χ3n) is 4.97. The molecule has 0 aliphatic carbocycles. The fourth-order valence-electron chi connectivity index (χ4n) is 3.25. The van der Waals surface area contributed by atoms with Gasteiger partial charge in [0, 0.05) is 0 Å². The van der Waals surface area contributed by atoms with Crippen LogP contribution >= 0.6 is 0 Å². The van der Waals surface area contributed by atoms with Crippen molar-refractivity contribution in [3.05, 3.63) is 60.2 Å². The van der Waals surface area contributed by atoms with Gasteiger partial charge in [-0.3, -0.25) is 9.69 Å². The topological polar surface area (TPSA) is 49.4 Å². The zero-order chi connectivity index (χ0) is 18.7. The molecule has 4 heteroatoms. The highest BCUT2D eigenvalue weighted by Gasteiger charge is 2.47. The largest absolute Gasteiger partial charge is 0.325 e. The molecule has 136 valence electrons. The maximum atomic E-state index is 12.8. The van der Waals surface area contributed by atoms with E-state index in [1.165, 1.54) is 4.90 Å². The van der Waals surface area contributed by atoms with Crippen LogP contribution in [-0.2, 0) is 11.3 Å². The van der Waals surface area contributed by atoms with Crippen molar-refractivity contribution in [1.82, 2.24) is 10.2 Å². The molecule has 2 aromatic carbocycles. The van der Waals surface area contributed by atoms with Crippen LogP contribution in [0.4, 0.5) is 4.79 Å². The molecule has 1 aliphatic rings. The Labute approximate surface area is 155 Å². The first-order valence-corrected chi connectivity index (χ1v) is 9.17. The number of rotatable bonds is 6. The van der Waals surface area contributed by atoms with E-state index in [1.54, 1.807) is 0 Å². The number of amides is 3. The number of imide groups is 1. The molecule has 1 atom stereocenters. The summed E-state index contributed by atoms with van der Waals surface area (Å²) in [5.41, 5.74) is 2.43. The second-order valence-corrected chi connectivity index (χ2v) is 7.65. The minimum Gasteiger partial charge on any atom is -0.323 e. The standard InChI is InChI=1S/C22H26N2O2/c1-16(2)13-14-22(3)20(25)24(21(26)23-22)15-17-9-11-19(12-10-17)18-7-5-4-6-8-18/h4-12,16H,13-15H2,1-3H3,(H,23,26)/t22-/m0/s1. The molecule has 0 radical (unpaired) electrons. The molecule has 1 saturated heterocycles. The summed E-state index contributed by atoms with van der Waals surface area (Å²) in [6.07, 6.45) is 1.57. The third-order valence-corrected chi connectivity index (χ3v) is 4.97. The van der Waals surface area contributed by atoms with E-state index in [0.717, 1.165) is 23.1 Å². The van der Waals surface area contributed by atoms with Gasteiger partial charge in [0.25, 0.3) is 5.91 Å². The van der Waals surface area contributed by atoms with E-state index < -0.39 is 5.54 Å². The van der Waals surface area contributed by atoms with Crippen LogP contribution in [0.5, 0.6) is 0 Å². The smallest absolute Gasteiger partial charge is 0.323 e. The molecule has 3 amide bonds. The van der Waals surface area contributed by atoms with Gasteiger partial charge >= 0.3 is 6.03 Å². The first kappa shape index (κ1) is 18.2. The van der Waals surface area contributed by atoms with Crippen molar-refractivity contribution < 1.29 is 9.59 Å². The Balaban J connectivity index is 1.70. The van der Waals surface area contributed by atoms with E-state index in [2.05, 4.69) is 31.3 Å². The van der Waals surface area contributed by atoms with E-state index >= 15 is 0 Å². The molecule has 2 aromatic rings. The van der Waals surface area contributed by atoms with Gasteiger partial charge in [0.1, 0.15) is 5.54 Å². The van der Waals surface area contributed by atoms with Crippen molar-refractivity contribution in [2.24, 2.45) is 5.92 Å². The molecule has 26 heavy (non-hydrogen) atoms. The molecule has 0 aromatic heterocycles. The zero-order valence-electron chi connectivity index (χ0n) is 15.7. The minimum atomic E-state index is -0.786. The van der Waals surface area contributed by atoms with Crippen molar-refractivity contribution in [1.29, 1.82) is 0 Å². The van der Waals surface area contributed by atoms with E-state index in [9.17, 15) is 9.59 Å². The van der Waals surface area contributed by atoms with Gasteiger partial charge in [-0.25, -0.2) is 4.79 Å². The van der Waals surface area contributed by atoms with Gasteiger partial charge < -0.3 is 5.32 Å². The second kappa shape index (κ2) is 7.32. The quantitative estimate of drug-likeness (QED) is 0.774. The molecule has 4 nitrogen and oxygen atoms in total. The average Bonchev–Trinajstić information content (AvgIpc) is 2.85. The summed E-state index contributed by atoms with van der Waals surface area (Å²) in [4.78, 5) is 26.4. The Morgan fingerprint density at radius 2 is 1.58 bits per heavy atom. The highest BCUT2D eigenvalue weighted by atomic mass is 16.2. The Bertz CT molecular complexity index is 784. The highest BCUT2D eigenvalue weighted by Crippen LogP contribution is 2.26. The monoisotopic (exact) mass is 350 g/mol. The number of carbonyl (C=O) groups excluding carboxylic acids is 2. The number of nitrogens with one attached hydrogen (secondary N) is 1. The zero-order valence-corrected chi connectivity index (χ0v) is 15.7. The lowest BCUT2D eigenvalue weighted by atomic mass is 9.92. The average molecular weight is 350 g/mol. The van der Waals surface area contributed by atoms with Crippen molar-refractivity contribution >= 4 is 11.9 Å². The van der Waals surface area contributed by atoms with Gasteiger partial charge in [-0.15, -0.1) is 0 Å². The number of urea groups is 1. The summed E-state index contributed by atoms with van der Waals surface area (Å²) >= 11 is 0. The van der Waals surface area contributed by atoms with E-state index in [-0.39, 0.29) is 11.9 Å². The van der Waals surface area contributed by atoms with Gasteiger partial charge in [-0.05, 0) is 42.4 Å². The van der Waals surface area contributed by atoms with Gasteiger partial charge in [0.05, 0.1) is 6.54 Å². The van der Waals surface area contributed by atoms with Crippen LogP contribution in [0.3, 0.4) is 0 Å². The fraction of sp³-hybridized carbons (Fsp3) is 0.364. The minimum absolute atomic E-state index is 0.129. The maximum Gasteiger partial charge on any atom is 0.325 e. The molecule has 1 heterocycles. The first-order valence-electron chi connectivity index (χ1n) is 9.17. The Hall–Kier alpha value is -2.62. The second-order valence-electron chi connectivity index (χ2n) is 7.65. The lowest BCUT2D eigenvalue weighted by Gasteiger charge is -2.22. The normalized spacial score (nSPS) is 19.9. The van der Waals surface area contributed by atoms with Crippen LogP contribution in [0.15, 0.2) is 54.6 Å². The van der Waals surface area contributed by atoms with Crippen LogP contribution in [0.2, 0.25) is 0 Å². The molecule has 0 unspecified atom stereocenters. The third kappa shape index (κ3) is 3.79.